The van der Waals surface area contributed by atoms with Gasteiger partial charge >= 0.3 is 0 Å². The second-order valence-electron chi connectivity index (χ2n) is 3.94. The van der Waals surface area contributed by atoms with Crippen LogP contribution in [0, 0.1) is 11.2 Å². The molecule has 5 heteroatoms. The minimum Gasteiger partial charge on any atom is -0.488 e. The van der Waals surface area contributed by atoms with E-state index in [1.165, 1.54) is 12.1 Å². The molecule has 0 atom stereocenters. The van der Waals surface area contributed by atoms with Crippen LogP contribution in [0.15, 0.2) is 46.9 Å². The highest BCUT2D eigenvalue weighted by molar-refractivity contribution is 9.10. The fraction of sp³-hybridized carbons (Fsp3) is 0.0714. The lowest BCUT2D eigenvalue weighted by Crippen LogP contribution is -2.15. The number of nitrogen functional groups attached to an aromatic ring is 1. The Bertz CT molecular complexity index is 599. The molecule has 98 valence electrons. The largest absolute Gasteiger partial charge is 0.488 e. The first-order valence-corrected chi connectivity index (χ1v) is 6.37. The van der Waals surface area contributed by atoms with Gasteiger partial charge in [0.1, 0.15) is 24.0 Å². The Morgan fingerprint density at radius 2 is 1.89 bits per heavy atom. The third-order valence-corrected chi connectivity index (χ3v) is 3.08. The van der Waals surface area contributed by atoms with Gasteiger partial charge in [0.05, 0.1) is 5.56 Å². The van der Waals surface area contributed by atoms with Crippen LogP contribution in [0.25, 0.3) is 0 Å². The molecule has 2 aromatic carbocycles. The second kappa shape index (κ2) is 5.84. The maximum Gasteiger partial charge on any atom is 0.137 e. The molecular weight excluding hydrogens is 311 g/mol. The van der Waals surface area contributed by atoms with Crippen molar-refractivity contribution in [3.05, 3.63) is 63.9 Å². The van der Waals surface area contributed by atoms with E-state index in [2.05, 4.69) is 15.9 Å². The molecule has 0 saturated heterocycles. The second-order valence-corrected chi connectivity index (χ2v) is 4.86. The summed E-state index contributed by atoms with van der Waals surface area (Å²) in [5.74, 6) is -0.625. The molecule has 0 unspecified atom stereocenters. The smallest absolute Gasteiger partial charge is 0.137 e. The van der Waals surface area contributed by atoms with Gasteiger partial charge < -0.3 is 10.5 Å². The molecule has 0 fully saturated rings. The lowest BCUT2D eigenvalue weighted by molar-refractivity contribution is 0.304. The highest BCUT2D eigenvalue weighted by Crippen LogP contribution is 2.22. The van der Waals surface area contributed by atoms with Crippen LogP contribution in [0.3, 0.4) is 0 Å². The average molecular weight is 323 g/mol. The van der Waals surface area contributed by atoms with Gasteiger partial charge in [-0.15, -0.1) is 0 Å². The maximum atomic E-state index is 13.6. The molecule has 0 aliphatic heterocycles. The van der Waals surface area contributed by atoms with Crippen LogP contribution in [0.4, 0.5) is 4.39 Å². The van der Waals surface area contributed by atoms with Gasteiger partial charge in [0.15, 0.2) is 0 Å². The highest BCUT2D eigenvalue weighted by atomic mass is 79.9. The molecule has 0 aliphatic carbocycles. The Balaban J connectivity index is 2.18. The van der Waals surface area contributed by atoms with E-state index in [9.17, 15) is 4.39 Å². The van der Waals surface area contributed by atoms with Gasteiger partial charge in [0.25, 0.3) is 0 Å². The van der Waals surface area contributed by atoms with E-state index in [0.29, 0.717) is 0 Å². The molecule has 0 saturated carbocycles. The average Bonchev–Trinajstić information content (AvgIpc) is 2.37. The number of rotatable bonds is 4. The minimum atomic E-state index is -0.555. The zero-order valence-corrected chi connectivity index (χ0v) is 11.6. The summed E-state index contributed by atoms with van der Waals surface area (Å²) in [5, 5.41) is 7.38. The standard InChI is InChI=1S/C14H12BrFN2O/c15-10-6-4-9(5-7-10)8-19-12-3-1-2-11(16)13(12)14(17)18/h1-7H,8H2,(H3,17,18). The number of ether oxygens (including phenoxy) is 1. The Labute approximate surface area is 118 Å². The molecule has 0 heterocycles. The molecule has 3 N–H and O–H groups in total. The predicted octanol–water partition coefficient (Wildman–Crippen LogP) is 3.45. The van der Waals surface area contributed by atoms with Crippen molar-refractivity contribution in [2.24, 2.45) is 5.73 Å². The summed E-state index contributed by atoms with van der Waals surface area (Å²) in [4.78, 5) is 0. The van der Waals surface area contributed by atoms with Gasteiger partial charge in [0, 0.05) is 4.47 Å². The monoisotopic (exact) mass is 322 g/mol. The summed E-state index contributed by atoms with van der Waals surface area (Å²) >= 11 is 3.35. The molecule has 2 rings (SSSR count). The number of nitrogens with one attached hydrogen (secondary N) is 1. The Kier molecular flexibility index (Phi) is 4.16. The highest BCUT2D eigenvalue weighted by Gasteiger charge is 2.12. The summed E-state index contributed by atoms with van der Waals surface area (Å²) in [7, 11) is 0. The summed E-state index contributed by atoms with van der Waals surface area (Å²) in [6, 6.07) is 12.0. The third kappa shape index (κ3) is 3.32. The van der Waals surface area contributed by atoms with Crippen molar-refractivity contribution >= 4 is 21.8 Å². The summed E-state index contributed by atoms with van der Waals surface area (Å²) in [6.45, 7) is 0.289. The van der Waals surface area contributed by atoms with Crippen LogP contribution >= 0.6 is 15.9 Å². The Morgan fingerprint density at radius 3 is 2.53 bits per heavy atom. The first-order valence-electron chi connectivity index (χ1n) is 5.58. The molecule has 0 amide bonds. The number of benzene rings is 2. The van der Waals surface area contributed by atoms with E-state index in [-0.39, 0.29) is 23.8 Å². The van der Waals surface area contributed by atoms with Crippen molar-refractivity contribution < 1.29 is 9.13 Å². The SMILES string of the molecule is N=C(N)c1c(F)cccc1OCc1ccc(Br)cc1. The van der Waals surface area contributed by atoms with Gasteiger partial charge in [-0.2, -0.15) is 0 Å². The number of hydrogen-bond donors (Lipinski definition) is 2. The lowest BCUT2D eigenvalue weighted by Gasteiger charge is -2.11. The van der Waals surface area contributed by atoms with Crippen LogP contribution in [0.1, 0.15) is 11.1 Å². The van der Waals surface area contributed by atoms with Gasteiger partial charge in [-0.05, 0) is 29.8 Å². The van der Waals surface area contributed by atoms with Crippen LogP contribution < -0.4 is 10.5 Å². The topological polar surface area (TPSA) is 59.1 Å². The minimum absolute atomic E-state index is 0.000360. The lowest BCUT2D eigenvalue weighted by atomic mass is 10.1. The molecular formula is C14H12BrFN2O. The van der Waals surface area contributed by atoms with Crippen LogP contribution in [0.2, 0.25) is 0 Å². The molecule has 2 aromatic rings. The fourth-order valence-electron chi connectivity index (χ4n) is 1.63. The molecule has 0 spiro atoms. The van der Waals surface area contributed by atoms with Crippen molar-refractivity contribution in [2.75, 3.05) is 0 Å². The van der Waals surface area contributed by atoms with Crippen molar-refractivity contribution in [1.29, 1.82) is 5.41 Å². The van der Waals surface area contributed by atoms with Gasteiger partial charge in [-0.1, -0.05) is 34.1 Å². The Morgan fingerprint density at radius 1 is 1.21 bits per heavy atom. The predicted molar refractivity (Wildman–Crippen MR) is 75.9 cm³/mol. The molecule has 0 bridgehead atoms. The summed E-state index contributed by atoms with van der Waals surface area (Å²) in [5.41, 5.74) is 6.31. The number of hydrogen-bond acceptors (Lipinski definition) is 2. The van der Waals surface area contributed by atoms with Gasteiger partial charge in [-0.3, -0.25) is 5.41 Å². The maximum absolute atomic E-state index is 13.6. The molecule has 0 aromatic heterocycles. The van der Waals surface area contributed by atoms with Crippen molar-refractivity contribution in [3.63, 3.8) is 0 Å². The molecule has 19 heavy (non-hydrogen) atoms. The van der Waals surface area contributed by atoms with Crippen molar-refractivity contribution in [3.8, 4) is 5.75 Å². The van der Waals surface area contributed by atoms with E-state index in [1.54, 1.807) is 6.07 Å². The zero-order chi connectivity index (χ0) is 13.8. The normalized spacial score (nSPS) is 10.2. The molecule has 3 nitrogen and oxygen atoms in total. The number of amidine groups is 1. The number of halogens is 2. The van der Waals surface area contributed by atoms with Crippen molar-refractivity contribution in [1.82, 2.24) is 0 Å². The van der Waals surface area contributed by atoms with E-state index < -0.39 is 5.82 Å². The summed E-state index contributed by atoms with van der Waals surface area (Å²) < 4.78 is 20.1. The zero-order valence-electron chi connectivity index (χ0n) is 9.99. The van der Waals surface area contributed by atoms with Crippen LogP contribution in [0.5, 0.6) is 5.75 Å². The van der Waals surface area contributed by atoms with E-state index in [0.717, 1.165) is 10.0 Å². The van der Waals surface area contributed by atoms with E-state index >= 15 is 0 Å². The quantitative estimate of drug-likeness (QED) is 0.669. The van der Waals surface area contributed by atoms with Crippen LogP contribution in [-0.4, -0.2) is 5.84 Å². The third-order valence-electron chi connectivity index (χ3n) is 2.55. The van der Waals surface area contributed by atoms with E-state index in [4.69, 9.17) is 15.9 Å². The van der Waals surface area contributed by atoms with Crippen molar-refractivity contribution in [2.45, 2.75) is 6.61 Å². The first kappa shape index (κ1) is 13.5. The fourth-order valence-corrected chi connectivity index (χ4v) is 1.89. The first-order chi connectivity index (χ1) is 9.08. The molecule has 0 radical (unpaired) electrons. The Hall–Kier alpha value is -1.88. The number of nitrogens with two attached hydrogens (primary N) is 1. The van der Waals surface area contributed by atoms with E-state index in [1.807, 2.05) is 24.3 Å². The molecule has 0 aliphatic rings. The summed E-state index contributed by atoms with van der Waals surface area (Å²) in [6.07, 6.45) is 0. The van der Waals surface area contributed by atoms with Crippen LogP contribution in [-0.2, 0) is 6.61 Å². The van der Waals surface area contributed by atoms with Gasteiger partial charge in [-0.25, -0.2) is 4.39 Å². The van der Waals surface area contributed by atoms with Gasteiger partial charge in [0.2, 0.25) is 0 Å².